The first kappa shape index (κ1) is 29.5. The number of nitrogens with zero attached hydrogens (tertiary/aromatic N) is 6. The molecule has 1 aliphatic carbocycles. The molecular weight excluding hydrogens is 578 g/mol. The molecule has 10 nitrogen and oxygen atoms in total. The Morgan fingerprint density at radius 1 is 1.02 bits per heavy atom. The van der Waals surface area contributed by atoms with E-state index in [9.17, 15) is 9.59 Å². The van der Waals surface area contributed by atoms with Gasteiger partial charge in [0.25, 0.3) is 5.91 Å². The number of carbonyl (C=O) groups excluding carboxylic acids is 2. The van der Waals surface area contributed by atoms with Gasteiger partial charge in [0.15, 0.2) is 5.82 Å². The topological polar surface area (TPSA) is 109 Å². The summed E-state index contributed by atoms with van der Waals surface area (Å²) in [5.74, 6) is 1.49. The van der Waals surface area contributed by atoms with E-state index >= 15 is 0 Å². The fourth-order valence-corrected chi connectivity index (χ4v) is 6.79. The van der Waals surface area contributed by atoms with Gasteiger partial charge in [0.05, 0.1) is 35.9 Å². The Balaban J connectivity index is 1.37. The number of carbonyl (C=O) groups is 2. The van der Waals surface area contributed by atoms with Gasteiger partial charge >= 0.3 is 0 Å². The first-order valence-electron chi connectivity index (χ1n) is 15.9. The summed E-state index contributed by atoms with van der Waals surface area (Å²) < 4.78 is 7.28. The van der Waals surface area contributed by atoms with E-state index in [2.05, 4.69) is 14.5 Å². The van der Waals surface area contributed by atoms with Crippen LogP contribution < -0.4 is 14.5 Å². The van der Waals surface area contributed by atoms with Crippen LogP contribution in [0.25, 0.3) is 28.2 Å². The van der Waals surface area contributed by atoms with Gasteiger partial charge < -0.3 is 14.6 Å². The summed E-state index contributed by atoms with van der Waals surface area (Å²) in [6, 6.07) is 19.1. The lowest BCUT2D eigenvalue weighted by atomic mass is 9.88. The minimum Gasteiger partial charge on any atom is -0.481 e. The second-order valence-electron chi connectivity index (χ2n) is 12.2. The number of nitrogens with one attached hydrogen (secondary N) is 1. The molecule has 2 aliphatic rings. The van der Waals surface area contributed by atoms with E-state index in [0.717, 1.165) is 53.7 Å². The van der Waals surface area contributed by atoms with Crippen LogP contribution in [0.15, 0.2) is 73.1 Å². The van der Waals surface area contributed by atoms with Gasteiger partial charge in [-0.3, -0.25) is 19.1 Å². The van der Waals surface area contributed by atoms with E-state index in [4.69, 9.17) is 14.9 Å². The number of aromatic nitrogens is 5. The Hall–Kier alpha value is -5.25. The SMILES string of the molecule is COc1ccc(N(C(=O)CN2C(=O)/C(=C/c3c[nH]c4ccccc34)c3nnc(C4CCCCC4)n3-c3ccccc32)C(C)C)cn1. The number of rotatable bonds is 7. The minimum absolute atomic E-state index is 0.178. The monoisotopic (exact) mass is 615 g/mol. The number of methoxy groups -OCH3 is 1. The number of hydrogen-bond acceptors (Lipinski definition) is 6. The number of ether oxygens (including phenoxy) is 1. The first-order chi connectivity index (χ1) is 22.4. The Bertz CT molecular complexity index is 1930. The fourth-order valence-electron chi connectivity index (χ4n) is 6.79. The van der Waals surface area contributed by atoms with Crippen LogP contribution in [0.5, 0.6) is 5.88 Å². The molecule has 0 saturated heterocycles. The molecule has 1 fully saturated rings. The van der Waals surface area contributed by atoms with E-state index in [1.165, 1.54) is 6.42 Å². The average molecular weight is 616 g/mol. The zero-order chi connectivity index (χ0) is 31.8. The Kier molecular flexibility index (Phi) is 7.86. The molecule has 0 bridgehead atoms. The van der Waals surface area contributed by atoms with Crippen molar-refractivity contribution in [2.24, 2.45) is 0 Å². The van der Waals surface area contributed by atoms with Gasteiger partial charge in [-0.2, -0.15) is 0 Å². The van der Waals surface area contributed by atoms with Crippen molar-refractivity contribution in [2.75, 3.05) is 23.5 Å². The van der Waals surface area contributed by atoms with Crippen molar-refractivity contribution in [2.45, 2.75) is 57.9 Å². The van der Waals surface area contributed by atoms with Crippen LogP contribution in [-0.2, 0) is 9.59 Å². The Morgan fingerprint density at radius 3 is 2.52 bits per heavy atom. The summed E-state index contributed by atoms with van der Waals surface area (Å²) in [7, 11) is 1.55. The molecule has 1 saturated carbocycles. The number of amides is 2. The van der Waals surface area contributed by atoms with Crippen molar-refractivity contribution in [1.29, 1.82) is 0 Å². The van der Waals surface area contributed by atoms with Crippen LogP contribution in [0.1, 0.15) is 69.1 Å². The van der Waals surface area contributed by atoms with Crippen LogP contribution in [0, 0.1) is 0 Å². The third-order valence-corrected chi connectivity index (χ3v) is 9.00. The zero-order valence-corrected chi connectivity index (χ0v) is 26.3. The lowest BCUT2D eigenvalue weighted by Gasteiger charge is -2.30. The third kappa shape index (κ3) is 5.23. The fraction of sp³-hybridized carbons (Fsp3) is 0.306. The van der Waals surface area contributed by atoms with Gasteiger partial charge in [-0.15, -0.1) is 10.2 Å². The minimum atomic E-state index is -0.316. The average Bonchev–Trinajstić information content (AvgIpc) is 3.69. The van der Waals surface area contributed by atoms with Crippen molar-refractivity contribution >= 4 is 45.7 Å². The van der Waals surface area contributed by atoms with Gasteiger partial charge in [0.2, 0.25) is 11.8 Å². The van der Waals surface area contributed by atoms with E-state index < -0.39 is 0 Å². The van der Waals surface area contributed by atoms with E-state index in [1.54, 1.807) is 29.2 Å². The number of aromatic amines is 1. The number of hydrogen-bond donors (Lipinski definition) is 1. The highest BCUT2D eigenvalue weighted by Gasteiger charge is 2.37. The molecule has 0 atom stereocenters. The van der Waals surface area contributed by atoms with Crippen molar-refractivity contribution in [1.82, 2.24) is 24.7 Å². The largest absolute Gasteiger partial charge is 0.481 e. The number of para-hydroxylation sites is 3. The van der Waals surface area contributed by atoms with E-state index in [1.807, 2.05) is 80.7 Å². The maximum absolute atomic E-state index is 14.8. The van der Waals surface area contributed by atoms with Crippen LogP contribution in [0.2, 0.25) is 0 Å². The molecule has 234 valence electrons. The molecular formula is C36H37N7O3. The van der Waals surface area contributed by atoms with Crippen molar-refractivity contribution < 1.29 is 14.3 Å². The summed E-state index contributed by atoms with van der Waals surface area (Å²) in [6.07, 6.45) is 10.9. The highest BCUT2D eigenvalue weighted by atomic mass is 16.5. The third-order valence-electron chi connectivity index (χ3n) is 9.00. The molecule has 0 spiro atoms. The molecule has 1 aliphatic heterocycles. The highest BCUT2D eigenvalue weighted by Crippen LogP contribution is 2.40. The summed E-state index contributed by atoms with van der Waals surface area (Å²) >= 11 is 0. The molecule has 10 heteroatoms. The molecule has 0 unspecified atom stereocenters. The lowest BCUT2D eigenvalue weighted by molar-refractivity contribution is -0.120. The number of pyridine rings is 1. The predicted octanol–water partition coefficient (Wildman–Crippen LogP) is 6.53. The summed E-state index contributed by atoms with van der Waals surface area (Å²) in [5, 5.41) is 10.4. The quantitative estimate of drug-likeness (QED) is 0.209. The summed E-state index contributed by atoms with van der Waals surface area (Å²) in [4.78, 5) is 39.9. The number of benzene rings is 2. The van der Waals surface area contributed by atoms with Gasteiger partial charge in [-0.1, -0.05) is 49.6 Å². The van der Waals surface area contributed by atoms with Gasteiger partial charge in [0, 0.05) is 40.7 Å². The lowest BCUT2D eigenvalue weighted by Crippen LogP contribution is -2.46. The molecule has 1 N–H and O–H groups in total. The molecule has 46 heavy (non-hydrogen) atoms. The molecule has 7 rings (SSSR count). The smallest absolute Gasteiger partial charge is 0.262 e. The molecule has 5 aromatic rings. The number of H-pyrrole nitrogens is 1. The number of anilines is 2. The normalized spacial score (nSPS) is 16.0. The predicted molar refractivity (Wildman–Crippen MR) is 179 cm³/mol. The second-order valence-corrected chi connectivity index (χ2v) is 12.2. The second kappa shape index (κ2) is 12.3. The first-order valence-corrected chi connectivity index (χ1v) is 15.9. The van der Waals surface area contributed by atoms with Crippen LogP contribution in [-0.4, -0.2) is 56.2 Å². The van der Waals surface area contributed by atoms with Crippen LogP contribution >= 0.6 is 0 Å². The molecule has 4 heterocycles. The molecule has 0 radical (unpaired) electrons. The molecule has 2 aromatic carbocycles. The van der Waals surface area contributed by atoms with Crippen molar-refractivity contribution in [3.63, 3.8) is 0 Å². The Labute approximate surface area is 267 Å². The van der Waals surface area contributed by atoms with Crippen molar-refractivity contribution in [3.8, 4) is 11.6 Å². The van der Waals surface area contributed by atoms with Crippen LogP contribution in [0.3, 0.4) is 0 Å². The molecule has 3 aromatic heterocycles. The maximum Gasteiger partial charge on any atom is 0.262 e. The maximum atomic E-state index is 14.8. The summed E-state index contributed by atoms with van der Waals surface area (Å²) in [5.41, 5.74) is 4.26. The standard InChI is InChI=1S/C36H37N7O3/c1-23(2)42(26-17-18-32(46-3)38-21-26)33(44)22-41-30-15-9-10-16-31(30)43-34(24-11-5-4-6-12-24)39-40-35(43)28(36(41)45)19-25-20-37-29-14-8-7-13-27(25)29/h7-10,13-21,23-24,37H,4-6,11-12,22H2,1-3H3/b28-19+. The van der Waals surface area contributed by atoms with Gasteiger partial charge in [-0.05, 0) is 57.0 Å². The summed E-state index contributed by atoms with van der Waals surface area (Å²) in [6.45, 7) is 3.71. The molecule has 2 amide bonds. The van der Waals surface area contributed by atoms with E-state index in [0.29, 0.717) is 28.7 Å². The van der Waals surface area contributed by atoms with Crippen molar-refractivity contribution in [3.05, 3.63) is 90.3 Å². The van der Waals surface area contributed by atoms with E-state index in [-0.39, 0.29) is 30.3 Å². The zero-order valence-electron chi connectivity index (χ0n) is 26.3. The van der Waals surface area contributed by atoms with Crippen LogP contribution in [0.4, 0.5) is 11.4 Å². The highest BCUT2D eigenvalue weighted by molar-refractivity contribution is 6.32. The van der Waals surface area contributed by atoms with Gasteiger partial charge in [-0.25, -0.2) is 4.98 Å². The van der Waals surface area contributed by atoms with Gasteiger partial charge in [0.1, 0.15) is 12.4 Å². The number of fused-ring (bicyclic) bond motifs is 4. The Morgan fingerprint density at radius 2 is 1.78 bits per heavy atom.